The second-order valence-corrected chi connectivity index (χ2v) is 3.21. The lowest BCUT2D eigenvalue weighted by Gasteiger charge is -2.11. The van der Waals surface area contributed by atoms with Crippen LogP contribution in [0.3, 0.4) is 0 Å². The van der Waals surface area contributed by atoms with E-state index in [2.05, 4.69) is 15.0 Å². The van der Waals surface area contributed by atoms with Gasteiger partial charge in [-0.2, -0.15) is 0 Å². The third kappa shape index (κ3) is 2.80. The number of aliphatic hydroxyl groups is 1. The number of hydrogen-bond donors (Lipinski definition) is 3. The van der Waals surface area contributed by atoms with E-state index in [1.807, 2.05) is 0 Å². The molecule has 1 unspecified atom stereocenters. The predicted molar refractivity (Wildman–Crippen MR) is 51.8 cm³/mol. The van der Waals surface area contributed by atoms with Gasteiger partial charge < -0.3 is 20.1 Å². The lowest BCUT2D eigenvalue weighted by atomic mass is 10.2. The van der Waals surface area contributed by atoms with Crippen molar-refractivity contribution in [2.45, 2.75) is 19.4 Å². The van der Waals surface area contributed by atoms with E-state index in [0.717, 1.165) is 0 Å². The van der Waals surface area contributed by atoms with Crippen LogP contribution in [-0.2, 0) is 4.79 Å². The molecule has 1 aromatic rings. The minimum absolute atomic E-state index is 0.0239. The fraction of sp³-hybridized carbons (Fsp3) is 0.444. The van der Waals surface area contributed by atoms with Gasteiger partial charge in [0.25, 0.3) is 5.91 Å². The smallest absolute Gasteiger partial charge is 0.326 e. The zero-order chi connectivity index (χ0) is 12.1. The number of nitrogens with zero attached hydrogens (tertiary/aromatic N) is 1. The van der Waals surface area contributed by atoms with Gasteiger partial charge in [0.2, 0.25) is 5.76 Å². The first kappa shape index (κ1) is 12.2. The van der Waals surface area contributed by atoms with Crippen molar-refractivity contribution in [2.75, 3.05) is 6.61 Å². The highest BCUT2D eigenvalue weighted by Crippen LogP contribution is 2.06. The Morgan fingerprint density at radius 1 is 1.62 bits per heavy atom. The first-order valence-electron chi connectivity index (χ1n) is 4.62. The number of aryl methyl sites for hydroxylation is 1. The largest absolute Gasteiger partial charge is 0.480 e. The average molecular weight is 228 g/mol. The minimum Gasteiger partial charge on any atom is -0.480 e. The van der Waals surface area contributed by atoms with Gasteiger partial charge in [0.1, 0.15) is 6.04 Å². The van der Waals surface area contributed by atoms with Crippen molar-refractivity contribution < 1.29 is 24.3 Å². The quantitative estimate of drug-likeness (QED) is 0.629. The Labute approximate surface area is 91.0 Å². The second kappa shape index (κ2) is 5.26. The number of nitrogens with one attached hydrogen (secondary N) is 1. The van der Waals surface area contributed by atoms with Gasteiger partial charge >= 0.3 is 5.97 Å². The van der Waals surface area contributed by atoms with Crippen LogP contribution in [0.1, 0.15) is 22.5 Å². The first-order valence-corrected chi connectivity index (χ1v) is 4.62. The van der Waals surface area contributed by atoms with Crippen molar-refractivity contribution >= 4 is 11.9 Å². The number of carbonyl (C=O) groups is 2. The third-order valence-electron chi connectivity index (χ3n) is 1.98. The van der Waals surface area contributed by atoms with Gasteiger partial charge in [-0.05, 0) is 6.92 Å². The molecule has 0 saturated carbocycles. The van der Waals surface area contributed by atoms with Crippen LogP contribution < -0.4 is 5.32 Å². The zero-order valence-corrected chi connectivity index (χ0v) is 8.64. The van der Waals surface area contributed by atoms with Crippen molar-refractivity contribution in [1.29, 1.82) is 0 Å². The summed E-state index contributed by atoms with van der Waals surface area (Å²) in [5.41, 5.74) is 0.519. The monoisotopic (exact) mass is 228 g/mol. The van der Waals surface area contributed by atoms with Crippen molar-refractivity contribution in [1.82, 2.24) is 10.5 Å². The molecule has 1 heterocycles. The van der Waals surface area contributed by atoms with Gasteiger partial charge in [0.15, 0.2) is 0 Å². The molecule has 1 atom stereocenters. The number of carboxylic acid groups (broad SMARTS) is 1. The van der Waals surface area contributed by atoms with E-state index in [9.17, 15) is 9.59 Å². The predicted octanol–water partition coefficient (Wildman–Crippen LogP) is -0.452. The maximum atomic E-state index is 11.5. The summed E-state index contributed by atoms with van der Waals surface area (Å²) in [5.74, 6) is -1.89. The molecular formula is C9H12N2O5. The zero-order valence-electron chi connectivity index (χ0n) is 8.64. The third-order valence-corrected chi connectivity index (χ3v) is 1.98. The van der Waals surface area contributed by atoms with Crippen molar-refractivity contribution in [3.8, 4) is 0 Å². The number of carbonyl (C=O) groups excluding carboxylic acids is 1. The van der Waals surface area contributed by atoms with Gasteiger partial charge in [-0.25, -0.2) is 4.79 Å². The molecule has 88 valence electrons. The molecule has 3 N–H and O–H groups in total. The van der Waals surface area contributed by atoms with E-state index in [1.54, 1.807) is 6.92 Å². The Morgan fingerprint density at radius 3 is 2.75 bits per heavy atom. The Bertz CT molecular complexity index is 387. The van der Waals surface area contributed by atoms with Crippen LogP contribution >= 0.6 is 0 Å². The number of carboxylic acids is 1. The van der Waals surface area contributed by atoms with Crippen molar-refractivity contribution in [3.05, 3.63) is 17.5 Å². The molecule has 0 aliphatic heterocycles. The van der Waals surface area contributed by atoms with Crippen LogP contribution in [0, 0.1) is 6.92 Å². The Kier molecular flexibility index (Phi) is 4.01. The summed E-state index contributed by atoms with van der Waals surface area (Å²) in [7, 11) is 0. The molecule has 0 fully saturated rings. The fourth-order valence-corrected chi connectivity index (χ4v) is 1.12. The summed E-state index contributed by atoms with van der Waals surface area (Å²) in [4.78, 5) is 22.2. The van der Waals surface area contributed by atoms with E-state index < -0.39 is 17.9 Å². The lowest BCUT2D eigenvalue weighted by Crippen LogP contribution is -2.41. The van der Waals surface area contributed by atoms with E-state index in [-0.39, 0.29) is 18.8 Å². The van der Waals surface area contributed by atoms with Gasteiger partial charge in [-0.15, -0.1) is 0 Å². The second-order valence-electron chi connectivity index (χ2n) is 3.21. The molecule has 16 heavy (non-hydrogen) atoms. The van der Waals surface area contributed by atoms with Crippen molar-refractivity contribution in [2.24, 2.45) is 0 Å². The highest BCUT2D eigenvalue weighted by Gasteiger charge is 2.22. The molecule has 0 saturated heterocycles. The summed E-state index contributed by atoms with van der Waals surface area (Å²) in [6, 6.07) is -1.14. The van der Waals surface area contributed by atoms with Crippen LogP contribution in [-0.4, -0.2) is 39.9 Å². The maximum absolute atomic E-state index is 11.5. The van der Waals surface area contributed by atoms with Gasteiger partial charge in [0, 0.05) is 18.6 Å². The fourth-order valence-electron chi connectivity index (χ4n) is 1.12. The number of aromatic nitrogens is 1. The molecule has 7 heteroatoms. The molecule has 0 aromatic carbocycles. The van der Waals surface area contributed by atoms with Gasteiger partial charge in [-0.1, -0.05) is 5.16 Å². The summed E-state index contributed by atoms with van der Waals surface area (Å²) in [6.45, 7) is 1.29. The molecule has 0 spiro atoms. The van der Waals surface area contributed by atoms with Gasteiger partial charge in [-0.3, -0.25) is 4.79 Å². The molecule has 0 bridgehead atoms. The lowest BCUT2D eigenvalue weighted by molar-refractivity contribution is -0.139. The Morgan fingerprint density at radius 2 is 2.31 bits per heavy atom. The van der Waals surface area contributed by atoms with E-state index in [1.165, 1.54) is 6.20 Å². The first-order chi connectivity index (χ1) is 7.56. The summed E-state index contributed by atoms with van der Waals surface area (Å²) in [5, 5.41) is 23.0. The molecule has 7 nitrogen and oxygen atoms in total. The minimum atomic E-state index is -1.21. The molecular weight excluding hydrogens is 216 g/mol. The van der Waals surface area contributed by atoms with Crippen LogP contribution in [0.5, 0.6) is 0 Å². The number of hydrogen-bond acceptors (Lipinski definition) is 5. The SMILES string of the molecule is Cc1cnoc1C(=O)NC(CCO)C(=O)O. The van der Waals surface area contributed by atoms with E-state index in [0.29, 0.717) is 5.56 Å². The van der Waals surface area contributed by atoms with Crippen LogP contribution in [0.25, 0.3) is 0 Å². The number of amides is 1. The van der Waals surface area contributed by atoms with Crippen LogP contribution in [0.2, 0.25) is 0 Å². The number of rotatable bonds is 5. The molecule has 0 aliphatic carbocycles. The topological polar surface area (TPSA) is 113 Å². The van der Waals surface area contributed by atoms with E-state index in [4.69, 9.17) is 10.2 Å². The van der Waals surface area contributed by atoms with E-state index >= 15 is 0 Å². The van der Waals surface area contributed by atoms with Crippen LogP contribution in [0.4, 0.5) is 0 Å². The molecule has 1 rings (SSSR count). The highest BCUT2D eigenvalue weighted by atomic mass is 16.5. The summed E-state index contributed by atoms with van der Waals surface area (Å²) < 4.78 is 4.67. The Balaban J connectivity index is 2.69. The summed E-state index contributed by atoms with van der Waals surface area (Å²) >= 11 is 0. The van der Waals surface area contributed by atoms with Gasteiger partial charge in [0.05, 0.1) is 6.20 Å². The summed E-state index contributed by atoms with van der Waals surface area (Å²) in [6.07, 6.45) is 1.30. The average Bonchev–Trinajstić information content (AvgIpc) is 2.63. The normalized spacial score (nSPS) is 12.1. The number of aliphatic carboxylic acids is 1. The highest BCUT2D eigenvalue weighted by molar-refractivity contribution is 5.95. The molecule has 1 aromatic heterocycles. The molecule has 1 amide bonds. The van der Waals surface area contributed by atoms with Crippen LogP contribution in [0.15, 0.2) is 10.7 Å². The number of aliphatic hydroxyl groups excluding tert-OH is 1. The molecule has 0 aliphatic rings. The molecule has 0 radical (unpaired) electrons. The Hall–Kier alpha value is -1.89. The standard InChI is InChI=1S/C9H12N2O5/c1-5-4-10-16-7(5)8(13)11-6(2-3-12)9(14)15/h4,6,12H,2-3H2,1H3,(H,11,13)(H,14,15). The van der Waals surface area contributed by atoms with Crippen molar-refractivity contribution in [3.63, 3.8) is 0 Å². The maximum Gasteiger partial charge on any atom is 0.326 e.